The fourth-order valence-corrected chi connectivity index (χ4v) is 6.13. The van der Waals surface area contributed by atoms with Crippen LogP contribution in [0.3, 0.4) is 0 Å². The van der Waals surface area contributed by atoms with E-state index in [-0.39, 0.29) is 16.7 Å². The Morgan fingerprint density at radius 2 is 1.86 bits per heavy atom. The Morgan fingerprint density at radius 1 is 1.07 bits per heavy atom. The van der Waals surface area contributed by atoms with Gasteiger partial charge in [0.25, 0.3) is 10.0 Å². The molecule has 5 nitrogen and oxygen atoms in total. The summed E-state index contributed by atoms with van der Waals surface area (Å²) in [5, 5.41) is 4.62. The van der Waals surface area contributed by atoms with Crippen molar-refractivity contribution in [1.29, 1.82) is 0 Å². The first-order valence-electron chi connectivity index (χ1n) is 8.95. The van der Waals surface area contributed by atoms with Crippen molar-refractivity contribution in [3.63, 3.8) is 0 Å². The van der Waals surface area contributed by atoms with E-state index in [4.69, 9.17) is 0 Å². The molecule has 1 aliphatic heterocycles. The summed E-state index contributed by atoms with van der Waals surface area (Å²) in [6.45, 7) is 2.13. The van der Waals surface area contributed by atoms with Crippen LogP contribution in [0.25, 0.3) is 0 Å². The predicted molar refractivity (Wildman–Crippen MR) is 111 cm³/mol. The third-order valence-electron chi connectivity index (χ3n) is 4.85. The molecule has 1 unspecified atom stereocenters. The van der Waals surface area contributed by atoms with E-state index in [0.29, 0.717) is 12.1 Å². The average molecular weight is 413 g/mol. The van der Waals surface area contributed by atoms with Crippen molar-refractivity contribution in [2.45, 2.75) is 30.1 Å². The second kappa shape index (κ2) is 7.50. The number of anilines is 1. The van der Waals surface area contributed by atoms with Crippen molar-refractivity contribution < 1.29 is 13.2 Å². The number of carbonyl (C=O) groups excluding carboxylic acids is 1. The fourth-order valence-electron chi connectivity index (χ4n) is 3.45. The molecule has 4 rings (SSSR count). The minimum Gasteiger partial charge on any atom is -0.325 e. The standard InChI is InChI=1S/C21H20N2O3S2/c1-15-6-4-9-18(12-15)22-21(24)19-13-16-7-2-3-8-17(16)14-23(19)28(25,26)20-10-5-11-27-20/h2-12,19H,13-14H2,1H3,(H,22,24). The van der Waals surface area contributed by atoms with Crippen LogP contribution in [-0.2, 0) is 27.8 Å². The van der Waals surface area contributed by atoms with Gasteiger partial charge in [0.1, 0.15) is 10.3 Å². The normalized spacial score (nSPS) is 17.1. The van der Waals surface area contributed by atoms with Crippen molar-refractivity contribution >= 4 is 33.0 Å². The Bertz CT molecular complexity index is 1110. The summed E-state index contributed by atoms with van der Waals surface area (Å²) >= 11 is 1.16. The Balaban J connectivity index is 1.70. The Kier molecular flexibility index (Phi) is 5.05. The molecule has 1 amide bonds. The molecule has 0 spiro atoms. The van der Waals surface area contributed by atoms with Gasteiger partial charge in [-0.1, -0.05) is 42.5 Å². The van der Waals surface area contributed by atoms with Crippen LogP contribution in [0.2, 0.25) is 0 Å². The highest BCUT2D eigenvalue weighted by molar-refractivity contribution is 7.91. The number of nitrogens with zero attached hydrogens (tertiary/aromatic N) is 1. The van der Waals surface area contributed by atoms with Gasteiger partial charge < -0.3 is 5.32 Å². The summed E-state index contributed by atoms with van der Waals surface area (Å²) < 4.78 is 28.0. The number of hydrogen-bond donors (Lipinski definition) is 1. The van der Waals surface area contributed by atoms with Gasteiger partial charge in [0.2, 0.25) is 5.91 Å². The zero-order chi connectivity index (χ0) is 19.7. The highest BCUT2D eigenvalue weighted by atomic mass is 32.2. The van der Waals surface area contributed by atoms with E-state index in [1.54, 1.807) is 23.6 Å². The summed E-state index contributed by atoms with van der Waals surface area (Å²) in [6.07, 6.45) is 0.346. The second-order valence-electron chi connectivity index (χ2n) is 6.83. The van der Waals surface area contributed by atoms with E-state index in [2.05, 4.69) is 5.32 Å². The van der Waals surface area contributed by atoms with Gasteiger partial charge in [-0.15, -0.1) is 11.3 Å². The molecule has 1 aliphatic rings. The molecule has 0 radical (unpaired) electrons. The van der Waals surface area contributed by atoms with Gasteiger partial charge in [0, 0.05) is 12.2 Å². The lowest BCUT2D eigenvalue weighted by molar-refractivity contribution is -0.120. The molecule has 2 heterocycles. The maximum atomic E-state index is 13.2. The van der Waals surface area contributed by atoms with Crippen molar-refractivity contribution in [2.75, 3.05) is 5.32 Å². The highest BCUT2D eigenvalue weighted by Gasteiger charge is 2.40. The van der Waals surface area contributed by atoms with Crippen molar-refractivity contribution in [3.8, 4) is 0 Å². The molecule has 0 fully saturated rings. The number of hydrogen-bond acceptors (Lipinski definition) is 4. The van der Waals surface area contributed by atoms with Gasteiger partial charge in [0.05, 0.1) is 0 Å². The number of amides is 1. The molecular formula is C21H20N2O3S2. The molecule has 0 aliphatic carbocycles. The maximum Gasteiger partial charge on any atom is 0.253 e. The topological polar surface area (TPSA) is 66.5 Å². The van der Waals surface area contributed by atoms with Gasteiger partial charge in [-0.05, 0) is 53.6 Å². The largest absolute Gasteiger partial charge is 0.325 e. The number of rotatable bonds is 4. The molecule has 1 N–H and O–H groups in total. The van der Waals surface area contributed by atoms with Gasteiger partial charge in [0.15, 0.2) is 0 Å². The highest BCUT2D eigenvalue weighted by Crippen LogP contribution is 2.31. The van der Waals surface area contributed by atoms with Gasteiger partial charge >= 0.3 is 0 Å². The first kappa shape index (κ1) is 18.9. The molecule has 1 aromatic heterocycles. The summed E-state index contributed by atoms with van der Waals surface area (Å²) in [6, 6.07) is 17.6. The van der Waals surface area contributed by atoms with Crippen LogP contribution in [0.5, 0.6) is 0 Å². The number of aryl methyl sites for hydroxylation is 1. The van der Waals surface area contributed by atoms with Crippen LogP contribution in [-0.4, -0.2) is 24.7 Å². The van der Waals surface area contributed by atoms with Gasteiger partial charge in [-0.2, -0.15) is 4.31 Å². The predicted octanol–water partition coefficient (Wildman–Crippen LogP) is 3.81. The molecule has 144 valence electrons. The molecule has 3 aromatic rings. The number of thiophene rings is 1. The van der Waals surface area contributed by atoms with Crippen LogP contribution in [0.15, 0.2) is 70.3 Å². The molecule has 0 saturated carbocycles. The Hall–Kier alpha value is -2.48. The second-order valence-corrected chi connectivity index (χ2v) is 9.89. The number of nitrogens with one attached hydrogen (secondary N) is 1. The molecule has 7 heteroatoms. The van der Waals surface area contributed by atoms with E-state index in [1.807, 2.05) is 49.4 Å². The van der Waals surface area contributed by atoms with Crippen LogP contribution in [0.1, 0.15) is 16.7 Å². The average Bonchev–Trinajstić information content (AvgIpc) is 3.22. The van der Waals surface area contributed by atoms with Gasteiger partial charge in [-0.25, -0.2) is 8.42 Å². The smallest absolute Gasteiger partial charge is 0.253 e. The van der Waals surface area contributed by atoms with E-state index < -0.39 is 16.1 Å². The van der Waals surface area contributed by atoms with Crippen LogP contribution in [0, 0.1) is 6.92 Å². The van der Waals surface area contributed by atoms with Crippen molar-refractivity contribution in [1.82, 2.24) is 4.31 Å². The summed E-state index contributed by atoms with van der Waals surface area (Å²) in [5.41, 5.74) is 3.62. The zero-order valence-electron chi connectivity index (χ0n) is 15.3. The lowest BCUT2D eigenvalue weighted by Crippen LogP contribution is -2.50. The van der Waals surface area contributed by atoms with E-state index in [0.717, 1.165) is 28.0 Å². The first-order chi connectivity index (χ1) is 13.4. The lowest BCUT2D eigenvalue weighted by Gasteiger charge is -2.34. The third kappa shape index (κ3) is 3.61. The molecule has 2 aromatic carbocycles. The number of benzene rings is 2. The van der Waals surface area contributed by atoms with E-state index >= 15 is 0 Å². The molecule has 0 saturated heterocycles. The van der Waals surface area contributed by atoms with E-state index in [9.17, 15) is 13.2 Å². The van der Waals surface area contributed by atoms with E-state index in [1.165, 1.54) is 4.31 Å². The summed E-state index contributed by atoms with van der Waals surface area (Å²) in [4.78, 5) is 13.1. The minimum absolute atomic E-state index is 0.183. The van der Waals surface area contributed by atoms with Crippen LogP contribution in [0.4, 0.5) is 5.69 Å². The number of sulfonamides is 1. The monoisotopic (exact) mass is 412 g/mol. The molecule has 1 atom stereocenters. The lowest BCUT2D eigenvalue weighted by atomic mass is 9.95. The quantitative estimate of drug-likeness (QED) is 0.709. The van der Waals surface area contributed by atoms with Crippen LogP contribution >= 0.6 is 11.3 Å². The van der Waals surface area contributed by atoms with Crippen molar-refractivity contribution in [2.24, 2.45) is 0 Å². The molecular weight excluding hydrogens is 392 g/mol. The fraction of sp³-hybridized carbons (Fsp3) is 0.190. The SMILES string of the molecule is Cc1cccc(NC(=O)C2Cc3ccccc3CN2S(=O)(=O)c2cccs2)c1. The van der Waals surface area contributed by atoms with Crippen molar-refractivity contribution in [3.05, 3.63) is 82.7 Å². The maximum absolute atomic E-state index is 13.2. The summed E-state index contributed by atoms with van der Waals surface area (Å²) in [7, 11) is -3.77. The third-order valence-corrected chi connectivity index (χ3v) is 8.08. The number of fused-ring (bicyclic) bond motifs is 1. The first-order valence-corrected chi connectivity index (χ1v) is 11.3. The number of carbonyl (C=O) groups is 1. The van der Waals surface area contributed by atoms with Crippen LogP contribution < -0.4 is 5.32 Å². The Labute approximate surface area is 168 Å². The Morgan fingerprint density at radius 3 is 2.57 bits per heavy atom. The molecule has 0 bridgehead atoms. The minimum atomic E-state index is -3.77. The van der Waals surface area contributed by atoms with Gasteiger partial charge in [-0.3, -0.25) is 4.79 Å². The molecule has 28 heavy (non-hydrogen) atoms. The summed E-state index contributed by atoms with van der Waals surface area (Å²) in [5.74, 6) is -0.319. The zero-order valence-corrected chi connectivity index (χ0v) is 17.0.